The molecule has 4 aromatic rings. The average Bonchev–Trinajstić information content (AvgIpc) is 3.50. The van der Waals surface area contributed by atoms with Crippen LogP contribution in [0.1, 0.15) is 38.6 Å². The van der Waals surface area contributed by atoms with E-state index in [-0.39, 0.29) is 5.91 Å². The molecule has 6 rings (SSSR count). The van der Waals surface area contributed by atoms with Crippen LogP contribution in [-0.4, -0.2) is 61.5 Å². The summed E-state index contributed by atoms with van der Waals surface area (Å²) in [5.41, 5.74) is 3.13. The lowest BCUT2D eigenvalue weighted by Crippen LogP contribution is -2.48. The van der Waals surface area contributed by atoms with Gasteiger partial charge in [0.05, 0.1) is 23.6 Å². The number of aromatic nitrogens is 5. The molecule has 174 valence electrons. The van der Waals surface area contributed by atoms with Crippen LogP contribution >= 0.6 is 0 Å². The number of piperazine rings is 1. The summed E-state index contributed by atoms with van der Waals surface area (Å²) in [6.07, 6.45) is 12.4. The summed E-state index contributed by atoms with van der Waals surface area (Å²) in [7, 11) is 0. The second kappa shape index (κ2) is 8.55. The number of amides is 1. The number of carbonyl (C=O) groups excluding carboxylic acids is 1. The van der Waals surface area contributed by atoms with Gasteiger partial charge in [-0.1, -0.05) is 12.8 Å². The van der Waals surface area contributed by atoms with Crippen molar-refractivity contribution in [1.29, 1.82) is 0 Å². The molecule has 0 radical (unpaired) electrons. The molecule has 5 heterocycles. The quantitative estimate of drug-likeness (QED) is 0.498. The summed E-state index contributed by atoms with van der Waals surface area (Å²) in [5, 5.41) is 5.48. The SMILES string of the molecule is CC(=O)N1CCN(c2ccc(Nc3ncc4c5ccncc5n(C5CCCC5)c4n3)nc2)CC1. The van der Waals surface area contributed by atoms with Gasteiger partial charge in [0.25, 0.3) is 0 Å². The Labute approximate surface area is 197 Å². The van der Waals surface area contributed by atoms with Gasteiger partial charge in [0.1, 0.15) is 11.5 Å². The van der Waals surface area contributed by atoms with E-state index in [9.17, 15) is 4.79 Å². The van der Waals surface area contributed by atoms with E-state index in [1.165, 1.54) is 25.7 Å². The lowest BCUT2D eigenvalue weighted by Gasteiger charge is -2.35. The monoisotopic (exact) mass is 456 g/mol. The highest BCUT2D eigenvalue weighted by Crippen LogP contribution is 2.37. The van der Waals surface area contributed by atoms with Crippen molar-refractivity contribution in [3.05, 3.63) is 43.0 Å². The average molecular weight is 457 g/mol. The molecule has 34 heavy (non-hydrogen) atoms. The van der Waals surface area contributed by atoms with Crippen molar-refractivity contribution in [3.8, 4) is 0 Å². The molecular weight excluding hydrogens is 428 g/mol. The topological polar surface area (TPSA) is 92.1 Å². The van der Waals surface area contributed by atoms with E-state index < -0.39 is 0 Å². The normalized spacial score (nSPS) is 17.1. The van der Waals surface area contributed by atoms with Crippen molar-refractivity contribution in [2.75, 3.05) is 36.4 Å². The summed E-state index contributed by atoms with van der Waals surface area (Å²) in [6, 6.07) is 6.51. The van der Waals surface area contributed by atoms with Crippen LogP contribution in [0.15, 0.2) is 43.0 Å². The van der Waals surface area contributed by atoms with Crippen molar-refractivity contribution in [2.45, 2.75) is 38.6 Å². The Balaban J connectivity index is 1.25. The molecule has 1 N–H and O–H groups in total. The summed E-state index contributed by atoms with van der Waals surface area (Å²) < 4.78 is 2.36. The summed E-state index contributed by atoms with van der Waals surface area (Å²) in [5.74, 6) is 1.38. The minimum atomic E-state index is 0.137. The third kappa shape index (κ3) is 3.70. The molecule has 9 heteroatoms. The number of pyridine rings is 2. The molecule has 1 aliphatic carbocycles. The van der Waals surface area contributed by atoms with Gasteiger partial charge in [-0.15, -0.1) is 0 Å². The van der Waals surface area contributed by atoms with Crippen molar-refractivity contribution in [3.63, 3.8) is 0 Å². The van der Waals surface area contributed by atoms with Gasteiger partial charge in [0.15, 0.2) is 0 Å². The number of hydrogen-bond donors (Lipinski definition) is 1. The van der Waals surface area contributed by atoms with Crippen molar-refractivity contribution in [1.82, 2.24) is 29.4 Å². The molecule has 0 bridgehead atoms. The van der Waals surface area contributed by atoms with Crippen LogP contribution in [0.2, 0.25) is 0 Å². The van der Waals surface area contributed by atoms with Gasteiger partial charge < -0.3 is 19.7 Å². The molecule has 0 unspecified atom stereocenters. The first-order chi connectivity index (χ1) is 16.7. The van der Waals surface area contributed by atoms with E-state index in [1.807, 2.05) is 35.8 Å². The van der Waals surface area contributed by atoms with Crippen LogP contribution in [0.25, 0.3) is 21.9 Å². The van der Waals surface area contributed by atoms with Gasteiger partial charge in [-0.05, 0) is 31.0 Å². The maximum absolute atomic E-state index is 11.6. The van der Waals surface area contributed by atoms with Crippen LogP contribution in [0.4, 0.5) is 17.5 Å². The van der Waals surface area contributed by atoms with E-state index in [2.05, 4.69) is 41.9 Å². The summed E-state index contributed by atoms with van der Waals surface area (Å²) >= 11 is 0. The minimum absolute atomic E-state index is 0.137. The third-order valence-corrected chi connectivity index (χ3v) is 7.11. The van der Waals surface area contributed by atoms with Crippen LogP contribution < -0.4 is 10.2 Å². The van der Waals surface area contributed by atoms with E-state index in [0.29, 0.717) is 17.8 Å². The largest absolute Gasteiger partial charge is 0.367 e. The van der Waals surface area contributed by atoms with Gasteiger partial charge in [0, 0.05) is 62.3 Å². The molecule has 2 fully saturated rings. The smallest absolute Gasteiger partial charge is 0.230 e. The van der Waals surface area contributed by atoms with Crippen molar-refractivity contribution >= 4 is 45.3 Å². The lowest BCUT2D eigenvalue weighted by molar-refractivity contribution is -0.129. The number of rotatable bonds is 4. The molecule has 1 aliphatic heterocycles. The van der Waals surface area contributed by atoms with Gasteiger partial charge in [0.2, 0.25) is 11.9 Å². The minimum Gasteiger partial charge on any atom is -0.367 e. The second-order valence-corrected chi connectivity index (χ2v) is 9.15. The molecule has 1 saturated carbocycles. The standard InChI is InChI=1S/C25H28N8O/c1-17(34)31-10-12-32(13-11-31)19-6-7-23(27-14-19)29-25-28-15-21-20-8-9-26-16-22(20)33(24(21)30-25)18-4-2-3-5-18/h6-9,14-16,18H,2-5,10-13H2,1H3,(H,27,28,29,30). The number of hydrogen-bond acceptors (Lipinski definition) is 7. The van der Waals surface area contributed by atoms with Crippen LogP contribution in [0, 0.1) is 0 Å². The molecular formula is C25H28N8O. The van der Waals surface area contributed by atoms with Crippen molar-refractivity contribution in [2.24, 2.45) is 0 Å². The number of anilines is 3. The Hall–Kier alpha value is -3.75. The Kier molecular flexibility index (Phi) is 5.24. The molecule has 0 spiro atoms. The number of carbonyl (C=O) groups is 1. The Bertz CT molecular complexity index is 1330. The van der Waals surface area contributed by atoms with Crippen LogP contribution in [0.5, 0.6) is 0 Å². The molecule has 1 amide bonds. The zero-order chi connectivity index (χ0) is 23.1. The van der Waals surface area contributed by atoms with Crippen molar-refractivity contribution < 1.29 is 4.79 Å². The van der Waals surface area contributed by atoms with E-state index in [0.717, 1.165) is 53.8 Å². The molecule has 9 nitrogen and oxygen atoms in total. The Morgan fingerprint density at radius 2 is 1.79 bits per heavy atom. The van der Waals surface area contributed by atoms with Crippen LogP contribution in [0.3, 0.4) is 0 Å². The lowest BCUT2D eigenvalue weighted by atomic mass is 10.2. The first-order valence-electron chi connectivity index (χ1n) is 12.0. The molecule has 4 aromatic heterocycles. The number of nitrogens with one attached hydrogen (secondary N) is 1. The highest BCUT2D eigenvalue weighted by atomic mass is 16.2. The fraction of sp³-hybridized carbons (Fsp3) is 0.400. The molecule has 0 aromatic carbocycles. The number of nitrogens with zero attached hydrogens (tertiary/aromatic N) is 7. The molecule has 2 aliphatic rings. The maximum atomic E-state index is 11.6. The fourth-order valence-electron chi connectivity index (χ4n) is 5.30. The first-order valence-corrected chi connectivity index (χ1v) is 12.0. The van der Waals surface area contributed by atoms with Gasteiger partial charge >= 0.3 is 0 Å². The van der Waals surface area contributed by atoms with E-state index >= 15 is 0 Å². The third-order valence-electron chi connectivity index (χ3n) is 7.11. The Morgan fingerprint density at radius 3 is 2.53 bits per heavy atom. The Morgan fingerprint density at radius 1 is 0.971 bits per heavy atom. The predicted molar refractivity (Wildman–Crippen MR) is 132 cm³/mol. The van der Waals surface area contributed by atoms with Gasteiger partial charge in [-0.25, -0.2) is 9.97 Å². The number of fused-ring (bicyclic) bond motifs is 3. The highest BCUT2D eigenvalue weighted by molar-refractivity contribution is 6.06. The summed E-state index contributed by atoms with van der Waals surface area (Å²) in [6.45, 7) is 4.74. The van der Waals surface area contributed by atoms with Crippen LogP contribution in [-0.2, 0) is 4.79 Å². The maximum Gasteiger partial charge on any atom is 0.230 e. The predicted octanol–water partition coefficient (Wildman–Crippen LogP) is 3.90. The second-order valence-electron chi connectivity index (χ2n) is 9.15. The first kappa shape index (κ1) is 20.8. The summed E-state index contributed by atoms with van der Waals surface area (Å²) in [4.78, 5) is 34.2. The molecule has 1 saturated heterocycles. The zero-order valence-corrected chi connectivity index (χ0v) is 19.3. The fourth-order valence-corrected chi connectivity index (χ4v) is 5.30. The molecule has 0 atom stereocenters. The van der Waals surface area contributed by atoms with E-state index in [1.54, 1.807) is 6.92 Å². The zero-order valence-electron chi connectivity index (χ0n) is 19.3. The van der Waals surface area contributed by atoms with Gasteiger partial charge in [-0.2, -0.15) is 4.98 Å². The van der Waals surface area contributed by atoms with E-state index in [4.69, 9.17) is 4.98 Å². The van der Waals surface area contributed by atoms with Gasteiger partial charge in [-0.3, -0.25) is 9.78 Å². The highest BCUT2D eigenvalue weighted by Gasteiger charge is 2.23.